The number of guanidine groups is 3. The average molecular weight is 1770 g/mol. The molecule has 1 aromatic heterocycles. The fourth-order valence-corrected chi connectivity index (χ4v) is 14.0. The lowest BCUT2D eigenvalue weighted by atomic mass is 9.95. The molecule has 16 atom stereocenters. The van der Waals surface area contributed by atoms with Crippen LogP contribution in [0.4, 0.5) is 0 Å². The fourth-order valence-electron chi connectivity index (χ4n) is 14.0. The van der Waals surface area contributed by atoms with Crippen LogP contribution in [0.25, 0.3) is 10.9 Å². The molecule has 1 aliphatic heterocycles. The normalized spacial score (nSPS) is 16.1. The molecule has 0 unspecified atom stereocenters. The number of carbonyl (C=O) groups is 14. The molecule has 42 nitrogen and oxygen atoms in total. The molecule has 14 amide bonds. The highest BCUT2D eigenvalue weighted by atomic mass is 16.3. The zero-order chi connectivity index (χ0) is 94.0. The number of para-hydroxylation sites is 1. The SMILES string of the molecule is CC[C@H](C)[C@H](NC(=O)[C@H](C)NC(=O)[C@H](CC(C)C)NC(=O)[C@@H]1CCCN1C(=O)[C@@H](N)C(C)C)C(=O)N[C@@H](CCCCN)C(=O)N[C@H](C(=O)N[C@@H](Cc1ccc(O)cc1)C(=O)N[C@@H](CCCN=C(N)N)C(=O)N[C@@H](C)C(=O)N[C@@H](Cc1c[nH]c2ccccc12)C(=O)N[C@@H](CCCCN)C(=O)N[C@@H](CCCN=C(N)N)C(=O)N[C@@H](CCCN=C(N)N)C(N)=O)[C@@H](C)CC. The Morgan fingerprint density at radius 1 is 0.452 bits per heavy atom. The van der Waals surface area contributed by atoms with Gasteiger partial charge in [-0.3, -0.25) is 82.1 Å². The molecule has 2 aromatic carbocycles. The van der Waals surface area contributed by atoms with Gasteiger partial charge in [-0.25, -0.2) is 0 Å². The van der Waals surface area contributed by atoms with Crippen molar-refractivity contribution in [1.82, 2.24) is 73.7 Å². The van der Waals surface area contributed by atoms with E-state index in [0.717, 1.165) is 0 Å². The molecule has 4 rings (SSSR count). The number of aromatic hydroxyl groups is 1. The second kappa shape index (κ2) is 54.7. The molecule has 702 valence electrons. The number of rotatable bonds is 57. The number of aromatic amines is 1. The summed E-state index contributed by atoms with van der Waals surface area (Å²) in [6.45, 7) is 17.8. The van der Waals surface area contributed by atoms with E-state index in [1.54, 1.807) is 72.0 Å². The molecule has 34 N–H and O–H groups in total. The summed E-state index contributed by atoms with van der Waals surface area (Å²) < 4.78 is 0. The second-order valence-corrected chi connectivity index (χ2v) is 33.0. The van der Waals surface area contributed by atoms with Gasteiger partial charge in [0.05, 0.1) is 6.04 Å². The number of hydrogen-bond donors (Lipinski definition) is 24. The van der Waals surface area contributed by atoms with E-state index in [9.17, 15) is 57.8 Å². The van der Waals surface area contributed by atoms with Crippen molar-refractivity contribution in [1.29, 1.82) is 0 Å². The number of unbranched alkanes of at least 4 members (excludes halogenated alkanes) is 2. The Hall–Kier alpha value is -11.9. The third kappa shape index (κ3) is 36.3. The number of nitrogens with two attached hydrogens (primary N) is 10. The van der Waals surface area contributed by atoms with Crippen LogP contribution in [-0.4, -0.2) is 239 Å². The molecule has 42 heteroatoms. The van der Waals surface area contributed by atoms with Crippen molar-refractivity contribution in [2.75, 3.05) is 39.3 Å². The number of fused-ring (bicyclic) bond motifs is 1. The van der Waals surface area contributed by atoms with Gasteiger partial charge in [-0.05, 0) is 176 Å². The molecule has 0 aliphatic carbocycles. The standard InChI is InChI=1S/C84H141N27O15/c1-11-47(7)66(109-70(115)50(10)100-75(120)61(41-45(3)4)107-78(123)64-30-22-40-111(64)81(126)65(87)46(5)6)79(124)105-58(26-16-18-36-86)74(119)110-67(48(8)12-2)80(125)108-62(42-51-31-33-53(112)34-32-51)76(121)104-59(28-20-38-96-83(91)92)71(116)99-49(9)69(114)106-63(43-52-44-98-55-24-14-13-23-54(52)55)77(122)103-57(25-15-17-35-85)73(118)102-60(29-21-39-97-84(93)94)72(117)101-56(68(88)113)27-19-37-95-82(89)90/h13-14,23-24,31-34,44-50,56-67,98,112H,11-12,15-22,25-30,35-43,85-87H2,1-10H3,(H2,88,113)(H,99,116)(H,100,120)(H,101,117)(H,102,118)(H,103,122)(H,104,121)(H,105,124)(H,106,114)(H,107,123)(H,108,125)(H,109,115)(H,110,119)(H4,89,90,95)(H4,91,92,96)(H4,93,94,97)/t47-,48-,49-,50-,56-,57-,58-,59-,60-,61-,62-,63-,64-,65-,66-,67-/m0/s1. The van der Waals surface area contributed by atoms with Gasteiger partial charge in [-0.15, -0.1) is 0 Å². The average Bonchev–Trinajstić information content (AvgIpc) is 1.61. The predicted molar refractivity (Wildman–Crippen MR) is 479 cm³/mol. The van der Waals surface area contributed by atoms with Gasteiger partial charge >= 0.3 is 0 Å². The van der Waals surface area contributed by atoms with Gasteiger partial charge in [-0.1, -0.05) is 98.6 Å². The maximum absolute atomic E-state index is 15.1. The minimum Gasteiger partial charge on any atom is -0.508 e. The van der Waals surface area contributed by atoms with E-state index in [1.165, 1.54) is 43.0 Å². The largest absolute Gasteiger partial charge is 0.508 e. The van der Waals surface area contributed by atoms with Crippen LogP contribution >= 0.6 is 0 Å². The lowest BCUT2D eigenvalue weighted by Crippen LogP contribution is -2.62. The highest BCUT2D eigenvalue weighted by molar-refractivity contribution is 6.01. The molecule has 126 heavy (non-hydrogen) atoms. The minimum atomic E-state index is -1.56. The van der Waals surface area contributed by atoms with Crippen LogP contribution in [0, 0.1) is 23.7 Å². The first-order valence-electron chi connectivity index (χ1n) is 43.5. The highest BCUT2D eigenvalue weighted by Gasteiger charge is 2.42. The molecule has 1 aliphatic rings. The number of phenols is 1. The number of nitrogens with one attached hydrogen (secondary N) is 13. The molecule has 0 saturated carbocycles. The van der Waals surface area contributed by atoms with Gasteiger partial charge in [-0.2, -0.15) is 0 Å². The van der Waals surface area contributed by atoms with Gasteiger partial charge in [0, 0.05) is 56.1 Å². The molecule has 2 heterocycles. The predicted octanol–water partition coefficient (Wildman–Crippen LogP) is -3.47. The van der Waals surface area contributed by atoms with Crippen LogP contribution < -0.4 is 121 Å². The summed E-state index contributed by atoms with van der Waals surface area (Å²) in [5.74, 6) is -13.4. The summed E-state index contributed by atoms with van der Waals surface area (Å²) in [6, 6.07) is -5.35. The lowest BCUT2D eigenvalue weighted by molar-refractivity contribution is -0.141. The zero-order valence-electron chi connectivity index (χ0n) is 74.5. The van der Waals surface area contributed by atoms with E-state index >= 15 is 14.4 Å². The monoisotopic (exact) mass is 1770 g/mol. The number of amides is 14. The number of nitrogens with zero attached hydrogens (tertiary/aromatic N) is 4. The molecule has 1 saturated heterocycles. The van der Waals surface area contributed by atoms with Crippen molar-refractivity contribution in [3.8, 4) is 5.75 Å². The first-order valence-corrected chi connectivity index (χ1v) is 43.5. The number of aromatic nitrogens is 1. The summed E-state index contributed by atoms with van der Waals surface area (Å²) in [4.78, 5) is 218. The van der Waals surface area contributed by atoms with Crippen molar-refractivity contribution in [3.63, 3.8) is 0 Å². The van der Waals surface area contributed by atoms with E-state index < -0.39 is 173 Å². The summed E-state index contributed by atoms with van der Waals surface area (Å²) in [7, 11) is 0. The van der Waals surface area contributed by atoms with E-state index in [2.05, 4.69) is 83.8 Å². The van der Waals surface area contributed by atoms with E-state index in [1.807, 2.05) is 13.8 Å². The molecule has 3 aromatic rings. The third-order valence-electron chi connectivity index (χ3n) is 21.9. The number of benzene rings is 2. The van der Waals surface area contributed by atoms with Crippen molar-refractivity contribution < 1.29 is 72.2 Å². The van der Waals surface area contributed by atoms with Crippen molar-refractivity contribution in [2.24, 2.45) is 96.0 Å². The summed E-state index contributed by atoms with van der Waals surface area (Å²) >= 11 is 0. The first kappa shape index (κ1) is 106. The number of carbonyl (C=O) groups excluding carboxylic acids is 14. The Morgan fingerprint density at radius 2 is 0.841 bits per heavy atom. The number of phenolic OH excluding ortho intramolecular Hbond substituents is 1. The molecule has 0 spiro atoms. The number of likely N-dealkylation sites (tertiary alicyclic amines) is 1. The van der Waals surface area contributed by atoms with Crippen molar-refractivity contribution >= 4 is 111 Å². The van der Waals surface area contributed by atoms with Crippen LogP contribution in [-0.2, 0) is 80.0 Å². The Kier molecular flexibility index (Phi) is 46.2. The van der Waals surface area contributed by atoms with Crippen molar-refractivity contribution in [3.05, 3.63) is 65.9 Å². The van der Waals surface area contributed by atoms with Gasteiger partial charge in [0.25, 0.3) is 0 Å². The third-order valence-corrected chi connectivity index (χ3v) is 21.9. The number of primary amides is 1. The van der Waals surface area contributed by atoms with Gasteiger partial charge < -0.3 is 136 Å². The number of aliphatic imine (C=N–C) groups is 3. The van der Waals surface area contributed by atoms with Crippen molar-refractivity contribution in [2.45, 2.75) is 276 Å². The summed E-state index contributed by atoms with van der Waals surface area (Å²) in [5, 5.41) is 43.8. The smallest absolute Gasteiger partial charge is 0.243 e. The van der Waals surface area contributed by atoms with Crippen LogP contribution in [0.15, 0.2) is 69.7 Å². The van der Waals surface area contributed by atoms with E-state index in [-0.39, 0.29) is 158 Å². The molecular weight excluding hydrogens is 1630 g/mol. The van der Waals surface area contributed by atoms with Crippen LogP contribution in [0.2, 0.25) is 0 Å². The molecule has 0 radical (unpaired) electrons. The summed E-state index contributed by atoms with van der Waals surface area (Å²) in [5.41, 5.74) is 58.7. The Morgan fingerprint density at radius 3 is 1.29 bits per heavy atom. The highest BCUT2D eigenvalue weighted by Crippen LogP contribution is 2.24. The number of H-pyrrole nitrogens is 1. The second-order valence-electron chi connectivity index (χ2n) is 33.0. The Labute approximate surface area is 736 Å². The molecule has 1 fully saturated rings. The minimum absolute atomic E-state index is 0.0000745. The van der Waals surface area contributed by atoms with Crippen LogP contribution in [0.3, 0.4) is 0 Å². The lowest BCUT2D eigenvalue weighted by Gasteiger charge is -2.31. The first-order chi connectivity index (χ1) is 59.6. The Balaban J connectivity index is 1.66. The summed E-state index contributed by atoms with van der Waals surface area (Å²) in [6.07, 6.45) is 4.44. The number of hydrogen-bond acceptors (Lipinski definition) is 21. The van der Waals surface area contributed by atoms with Crippen LogP contribution in [0.5, 0.6) is 5.75 Å². The zero-order valence-corrected chi connectivity index (χ0v) is 74.5. The molecular formula is C84H141N27O15. The fraction of sp³-hybridized carbons (Fsp3) is 0.631. The van der Waals surface area contributed by atoms with Gasteiger partial charge in [0.2, 0.25) is 82.7 Å². The van der Waals surface area contributed by atoms with Gasteiger partial charge in [0.1, 0.15) is 84.3 Å². The van der Waals surface area contributed by atoms with Crippen LogP contribution in [0.1, 0.15) is 190 Å². The maximum atomic E-state index is 15.1. The topological polar surface area (TPSA) is 720 Å². The van der Waals surface area contributed by atoms with Gasteiger partial charge in [0.15, 0.2) is 17.9 Å². The van der Waals surface area contributed by atoms with E-state index in [0.29, 0.717) is 67.1 Å². The Bertz CT molecular complexity index is 4170. The maximum Gasteiger partial charge on any atom is 0.243 e. The quantitative estimate of drug-likeness (QED) is 0.0148. The van der Waals surface area contributed by atoms with E-state index in [4.69, 9.17) is 57.3 Å². The molecule has 0 bridgehead atoms.